The van der Waals surface area contributed by atoms with Crippen LogP contribution in [0, 0.1) is 0 Å². The van der Waals surface area contributed by atoms with Crippen LogP contribution in [-0.4, -0.2) is 24.0 Å². The number of amides is 1. The number of pyridine rings is 1. The molecule has 1 heterocycles. The Hall–Kier alpha value is -3.21. The Morgan fingerprint density at radius 1 is 1.04 bits per heavy atom. The van der Waals surface area contributed by atoms with E-state index in [0.717, 1.165) is 5.39 Å². The first kappa shape index (κ1) is 14.7. The molecule has 5 heteroatoms. The van der Waals surface area contributed by atoms with E-state index >= 15 is 0 Å². The van der Waals surface area contributed by atoms with Crippen LogP contribution in [0.15, 0.2) is 60.8 Å². The van der Waals surface area contributed by atoms with Gasteiger partial charge in [0.25, 0.3) is 5.91 Å². The number of rotatable bonds is 3. The number of carbonyl (C=O) groups excluding carboxylic acids is 2. The summed E-state index contributed by atoms with van der Waals surface area (Å²) < 4.78 is 4.68. The van der Waals surface area contributed by atoms with Crippen molar-refractivity contribution in [1.82, 2.24) is 4.98 Å². The summed E-state index contributed by atoms with van der Waals surface area (Å²) in [5.74, 6) is -0.732. The summed E-state index contributed by atoms with van der Waals surface area (Å²) in [4.78, 5) is 28.3. The Kier molecular flexibility index (Phi) is 4.01. The Bertz CT molecular complexity index is 885. The van der Waals surface area contributed by atoms with E-state index in [2.05, 4.69) is 15.0 Å². The molecule has 0 bridgehead atoms. The highest BCUT2D eigenvalue weighted by atomic mass is 16.5. The van der Waals surface area contributed by atoms with Crippen molar-refractivity contribution in [3.05, 3.63) is 71.9 Å². The smallest absolute Gasteiger partial charge is 0.337 e. The van der Waals surface area contributed by atoms with Gasteiger partial charge < -0.3 is 10.1 Å². The van der Waals surface area contributed by atoms with Gasteiger partial charge in [-0.3, -0.25) is 9.78 Å². The molecule has 0 spiro atoms. The first-order valence-corrected chi connectivity index (χ1v) is 7.02. The second-order valence-corrected chi connectivity index (χ2v) is 4.91. The van der Waals surface area contributed by atoms with Crippen LogP contribution < -0.4 is 5.32 Å². The van der Waals surface area contributed by atoms with Gasteiger partial charge >= 0.3 is 5.97 Å². The molecule has 1 amide bonds. The molecule has 1 N–H and O–H groups in total. The molecule has 3 rings (SSSR count). The van der Waals surface area contributed by atoms with E-state index in [0.29, 0.717) is 22.3 Å². The summed E-state index contributed by atoms with van der Waals surface area (Å²) in [6.07, 6.45) is 1.65. The molecule has 5 nitrogen and oxygen atoms in total. The minimum absolute atomic E-state index is 0.281. The molecule has 0 atom stereocenters. The Morgan fingerprint density at radius 2 is 1.83 bits per heavy atom. The number of benzene rings is 2. The molecule has 0 radical (unpaired) electrons. The van der Waals surface area contributed by atoms with E-state index in [1.54, 1.807) is 36.5 Å². The number of aromatic nitrogens is 1. The molecule has 0 aliphatic heterocycles. The quantitative estimate of drug-likeness (QED) is 0.754. The number of para-hydroxylation sites is 1. The third kappa shape index (κ3) is 3.03. The number of methoxy groups -OCH3 is 1. The van der Waals surface area contributed by atoms with Crippen molar-refractivity contribution in [1.29, 1.82) is 0 Å². The SMILES string of the molecule is COC(=O)c1cccc(NC(=O)c2cccc3cccnc23)c1. The molecule has 0 saturated heterocycles. The largest absolute Gasteiger partial charge is 0.465 e. The molecule has 0 fully saturated rings. The van der Waals surface area contributed by atoms with Gasteiger partial charge in [-0.2, -0.15) is 0 Å². The molecule has 0 unspecified atom stereocenters. The predicted octanol–water partition coefficient (Wildman–Crippen LogP) is 3.27. The van der Waals surface area contributed by atoms with Crippen molar-refractivity contribution < 1.29 is 14.3 Å². The predicted molar refractivity (Wildman–Crippen MR) is 87.5 cm³/mol. The highest BCUT2D eigenvalue weighted by Gasteiger charge is 2.12. The summed E-state index contributed by atoms with van der Waals surface area (Å²) in [5.41, 5.74) is 2.01. The second-order valence-electron chi connectivity index (χ2n) is 4.91. The van der Waals surface area contributed by atoms with E-state index in [-0.39, 0.29) is 5.91 Å². The number of nitrogens with zero attached hydrogens (tertiary/aromatic N) is 1. The number of hydrogen-bond donors (Lipinski definition) is 1. The van der Waals surface area contributed by atoms with E-state index < -0.39 is 5.97 Å². The Balaban J connectivity index is 1.91. The Labute approximate surface area is 132 Å². The average molecular weight is 306 g/mol. The van der Waals surface area contributed by atoms with Crippen LogP contribution in [0.4, 0.5) is 5.69 Å². The van der Waals surface area contributed by atoms with E-state index in [4.69, 9.17) is 0 Å². The fraction of sp³-hybridized carbons (Fsp3) is 0.0556. The number of ether oxygens (including phenoxy) is 1. The van der Waals surface area contributed by atoms with Gasteiger partial charge in [0.1, 0.15) is 0 Å². The standard InChI is InChI=1S/C18H14N2O3/c1-23-18(22)13-6-2-8-14(11-13)20-17(21)15-9-3-5-12-7-4-10-19-16(12)15/h2-11H,1H3,(H,20,21). The van der Waals surface area contributed by atoms with Crippen LogP contribution in [0.1, 0.15) is 20.7 Å². The summed E-state index contributed by atoms with van der Waals surface area (Å²) in [7, 11) is 1.31. The van der Waals surface area contributed by atoms with Crippen molar-refractivity contribution in [2.75, 3.05) is 12.4 Å². The van der Waals surface area contributed by atoms with Gasteiger partial charge in [-0.25, -0.2) is 4.79 Å². The summed E-state index contributed by atoms with van der Waals surface area (Å²) in [6.45, 7) is 0. The van der Waals surface area contributed by atoms with Crippen molar-refractivity contribution in [2.45, 2.75) is 0 Å². The van der Waals surface area contributed by atoms with Gasteiger partial charge in [0.2, 0.25) is 0 Å². The number of nitrogens with one attached hydrogen (secondary N) is 1. The van der Waals surface area contributed by atoms with Crippen LogP contribution in [0.5, 0.6) is 0 Å². The minimum Gasteiger partial charge on any atom is -0.465 e. The monoisotopic (exact) mass is 306 g/mol. The lowest BCUT2D eigenvalue weighted by Crippen LogP contribution is -2.13. The normalized spacial score (nSPS) is 10.3. The second kappa shape index (κ2) is 6.27. The molecular weight excluding hydrogens is 292 g/mol. The first-order valence-electron chi connectivity index (χ1n) is 7.02. The number of fused-ring (bicyclic) bond motifs is 1. The molecular formula is C18H14N2O3. The molecule has 23 heavy (non-hydrogen) atoms. The molecule has 2 aromatic carbocycles. The number of hydrogen-bond acceptors (Lipinski definition) is 4. The molecule has 0 aliphatic carbocycles. The van der Waals surface area contributed by atoms with Crippen molar-refractivity contribution in [3.8, 4) is 0 Å². The third-order valence-corrected chi connectivity index (χ3v) is 3.42. The zero-order chi connectivity index (χ0) is 16.2. The minimum atomic E-state index is -0.451. The van der Waals surface area contributed by atoms with Crippen molar-refractivity contribution in [3.63, 3.8) is 0 Å². The van der Waals surface area contributed by atoms with E-state index in [1.165, 1.54) is 7.11 Å². The van der Waals surface area contributed by atoms with Crippen LogP contribution in [0.2, 0.25) is 0 Å². The highest BCUT2D eigenvalue weighted by molar-refractivity contribution is 6.12. The molecule has 0 aliphatic rings. The maximum Gasteiger partial charge on any atom is 0.337 e. The fourth-order valence-corrected chi connectivity index (χ4v) is 2.33. The van der Waals surface area contributed by atoms with E-state index in [1.807, 2.05) is 24.3 Å². The first-order chi connectivity index (χ1) is 11.2. The van der Waals surface area contributed by atoms with Crippen LogP contribution in [0.25, 0.3) is 10.9 Å². The lowest BCUT2D eigenvalue weighted by molar-refractivity contribution is 0.0600. The van der Waals surface area contributed by atoms with Gasteiger partial charge in [-0.1, -0.05) is 24.3 Å². The lowest BCUT2D eigenvalue weighted by Gasteiger charge is -2.08. The van der Waals surface area contributed by atoms with Crippen molar-refractivity contribution >= 4 is 28.5 Å². The number of esters is 1. The van der Waals surface area contributed by atoms with Crippen LogP contribution in [0.3, 0.4) is 0 Å². The maximum atomic E-state index is 12.5. The third-order valence-electron chi connectivity index (χ3n) is 3.42. The number of anilines is 1. The zero-order valence-corrected chi connectivity index (χ0v) is 12.4. The highest BCUT2D eigenvalue weighted by Crippen LogP contribution is 2.18. The maximum absolute atomic E-state index is 12.5. The van der Waals surface area contributed by atoms with Gasteiger partial charge in [0, 0.05) is 17.3 Å². The van der Waals surface area contributed by atoms with Crippen LogP contribution in [-0.2, 0) is 4.74 Å². The molecule has 114 valence electrons. The lowest BCUT2D eigenvalue weighted by atomic mass is 10.1. The molecule has 0 saturated carbocycles. The average Bonchev–Trinajstić information content (AvgIpc) is 2.60. The van der Waals surface area contributed by atoms with Gasteiger partial charge in [0.05, 0.1) is 23.8 Å². The van der Waals surface area contributed by atoms with Crippen molar-refractivity contribution in [2.24, 2.45) is 0 Å². The zero-order valence-electron chi connectivity index (χ0n) is 12.4. The molecule has 3 aromatic rings. The van der Waals surface area contributed by atoms with Gasteiger partial charge in [-0.05, 0) is 30.3 Å². The molecule has 1 aromatic heterocycles. The summed E-state index contributed by atoms with van der Waals surface area (Å²) in [6, 6.07) is 15.7. The topological polar surface area (TPSA) is 68.3 Å². The van der Waals surface area contributed by atoms with Gasteiger partial charge in [-0.15, -0.1) is 0 Å². The fourth-order valence-electron chi connectivity index (χ4n) is 2.33. The van der Waals surface area contributed by atoms with Gasteiger partial charge in [0.15, 0.2) is 0 Å². The van der Waals surface area contributed by atoms with E-state index in [9.17, 15) is 9.59 Å². The van der Waals surface area contributed by atoms with Crippen LogP contribution >= 0.6 is 0 Å². The summed E-state index contributed by atoms with van der Waals surface area (Å²) >= 11 is 0. The number of carbonyl (C=O) groups is 2. The Morgan fingerprint density at radius 3 is 2.65 bits per heavy atom. The summed E-state index contributed by atoms with van der Waals surface area (Å²) in [5, 5.41) is 3.68.